The molecular weight excluding hydrogens is 312 g/mol. The first-order valence-electron chi connectivity index (χ1n) is 6.88. The lowest BCUT2D eigenvalue weighted by molar-refractivity contribution is 0.319. The van der Waals surface area contributed by atoms with Crippen LogP contribution < -0.4 is 5.73 Å². The standard InChI is InChI=1S/C17H21BrN2/c1-20(13-16-6-8-17(18)9-7-16)12-15-4-2-14(3-5-15)10-11-19/h2-9H,10-13,19H2,1H3. The van der Waals surface area contributed by atoms with Crippen LogP contribution in [-0.4, -0.2) is 18.5 Å². The Morgan fingerprint density at radius 3 is 1.80 bits per heavy atom. The Kier molecular flexibility index (Phi) is 5.77. The Balaban J connectivity index is 1.90. The smallest absolute Gasteiger partial charge is 0.0234 e. The largest absolute Gasteiger partial charge is 0.330 e. The summed E-state index contributed by atoms with van der Waals surface area (Å²) in [4.78, 5) is 2.32. The molecule has 0 bridgehead atoms. The van der Waals surface area contributed by atoms with E-state index < -0.39 is 0 Å². The van der Waals surface area contributed by atoms with E-state index in [0.717, 1.165) is 24.0 Å². The molecule has 0 amide bonds. The summed E-state index contributed by atoms with van der Waals surface area (Å²) in [6, 6.07) is 17.2. The van der Waals surface area contributed by atoms with Gasteiger partial charge in [-0.1, -0.05) is 52.3 Å². The Bertz CT molecular complexity index is 520. The summed E-state index contributed by atoms with van der Waals surface area (Å²) in [5.41, 5.74) is 9.54. The van der Waals surface area contributed by atoms with E-state index in [2.05, 4.69) is 76.4 Å². The average molecular weight is 333 g/mol. The van der Waals surface area contributed by atoms with Crippen molar-refractivity contribution in [1.82, 2.24) is 4.90 Å². The summed E-state index contributed by atoms with van der Waals surface area (Å²) in [6.45, 7) is 2.62. The molecule has 106 valence electrons. The van der Waals surface area contributed by atoms with Gasteiger partial charge in [0.1, 0.15) is 0 Å². The molecule has 0 aliphatic carbocycles. The molecule has 0 fully saturated rings. The van der Waals surface area contributed by atoms with Crippen LogP contribution in [0.25, 0.3) is 0 Å². The van der Waals surface area contributed by atoms with E-state index in [1.54, 1.807) is 0 Å². The Labute approximate surface area is 129 Å². The van der Waals surface area contributed by atoms with Gasteiger partial charge in [0.05, 0.1) is 0 Å². The lowest BCUT2D eigenvalue weighted by Gasteiger charge is -2.17. The summed E-state index contributed by atoms with van der Waals surface area (Å²) >= 11 is 3.46. The monoisotopic (exact) mass is 332 g/mol. The van der Waals surface area contributed by atoms with E-state index in [1.807, 2.05) is 0 Å². The second kappa shape index (κ2) is 7.58. The van der Waals surface area contributed by atoms with Crippen LogP contribution >= 0.6 is 15.9 Å². The fourth-order valence-corrected chi connectivity index (χ4v) is 2.51. The highest BCUT2D eigenvalue weighted by Crippen LogP contribution is 2.13. The molecule has 0 radical (unpaired) electrons. The van der Waals surface area contributed by atoms with Crippen molar-refractivity contribution >= 4 is 15.9 Å². The quantitative estimate of drug-likeness (QED) is 0.875. The molecule has 0 aliphatic heterocycles. The molecule has 0 unspecified atom stereocenters. The highest BCUT2D eigenvalue weighted by Gasteiger charge is 2.02. The minimum Gasteiger partial charge on any atom is -0.330 e. The molecule has 2 nitrogen and oxygen atoms in total. The number of benzene rings is 2. The van der Waals surface area contributed by atoms with E-state index >= 15 is 0 Å². The molecule has 0 spiro atoms. The van der Waals surface area contributed by atoms with Gasteiger partial charge in [-0.25, -0.2) is 0 Å². The van der Waals surface area contributed by atoms with Crippen molar-refractivity contribution in [3.63, 3.8) is 0 Å². The Morgan fingerprint density at radius 1 is 0.850 bits per heavy atom. The first kappa shape index (κ1) is 15.2. The van der Waals surface area contributed by atoms with Gasteiger partial charge in [0.2, 0.25) is 0 Å². The summed E-state index contributed by atoms with van der Waals surface area (Å²) in [5, 5.41) is 0. The topological polar surface area (TPSA) is 29.3 Å². The molecule has 3 heteroatoms. The second-order valence-corrected chi connectivity index (χ2v) is 6.07. The van der Waals surface area contributed by atoms with Crippen LogP contribution in [-0.2, 0) is 19.5 Å². The van der Waals surface area contributed by atoms with Crippen LogP contribution in [0.1, 0.15) is 16.7 Å². The third-order valence-corrected chi connectivity index (χ3v) is 3.80. The summed E-state index contributed by atoms with van der Waals surface area (Å²) in [6.07, 6.45) is 0.953. The molecular formula is C17H21BrN2. The van der Waals surface area contributed by atoms with Crippen LogP contribution in [0.3, 0.4) is 0 Å². The van der Waals surface area contributed by atoms with Crippen molar-refractivity contribution in [2.24, 2.45) is 5.73 Å². The maximum Gasteiger partial charge on any atom is 0.0234 e. The highest BCUT2D eigenvalue weighted by molar-refractivity contribution is 9.10. The van der Waals surface area contributed by atoms with Crippen molar-refractivity contribution in [1.29, 1.82) is 0 Å². The normalized spacial score (nSPS) is 11.0. The molecule has 2 aromatic carbocycles. The minimum absolute atomic E-state index is 0.711. The van der Waals surface area contributed by atoms with Gasteiger partial charge in [-0.05, 0) is 48.8 Å². The second-order valence-electron chi connectivity index (χ2n) is 5.15. The molecule has 0 saturated carbocycles. The van der Waals surface area contributed by atoms with Crippen LogP contribution in [0.15, 0.2) is 53.0 Å². The number of nitrogens with two attached hydrogens (primary N) is 1. The molecule has 0 saturated heterocycles. The van der Waals surface area contributed by atoms with Crippen molar-refractivity contribution in [3.8, 4) is 0 Å². The first-order chi connectivity index (χ1) is 9.67. The van der Waals surface area contributed by atoms with Gasteiger partial charge in [-0.15, -0.1) is 0 Å². The molecule has 2 N–H and O–H groups in total. The molecule has 0 atom stereocenters. The molecule has 0 aliphatic rings. The van der Waals surface area contributed by atoms with E-state index in [0.29, 0.717) is 6.54 Å². The van der Waals surface area contributed by atoms with Crippen molar-refractivity contribution in [2.45, 2.75) is 19.5 Å². The minimum atomic E-state index is 0.711. The zero-order valence-electron chi connectivity index (χ0n) is 11.8. The maximum atomic E-state index is 5.56. The van der Waals surface area contributed by atoms with Gasteiger partial charge in [-0.2, -0.15) is 0 Å². The van der Waals surface area contributed by atoms with Crippen LogP contribution in [0.5, 0.6) is 0 Å². The number of rotatable bonds is 6. The van der Waals surface area contributed by atoms with Gasteiger partial charge in [0.25, 0.3) is 0 Å². The van der Waals surface area contributed by atoms with Gasteiger partial charge in [0.15, 0.2) is 0 Å². The van der Waals surface area contributed by atoms with E-state index in [9.17, 15) is 0 Å². The number of halogens is 1. The predicted octanol–water partition coefficient (Wildman–Crippen LogP) is 3.58. The van der Waals surface area contributed by atoms with Gasteiger partial charge < -0.3 is 5.73 Å². The molecule has 0 aromatic heterocycles. The van der Waals surface area contributed by atoms with Crippen molar-refractivity contribution in [3.05, 3.63) is 69.7 Å². The van der Waals surface area contributed by atoms with Crippen molar-refractivity contribution in [2.75, 3.05) is 13.6 Å². The molecule has 20 heavy (non-hydrogen) atoms. The fraction of sp³-hybridized carbons (Fsp3) is 0.294. The Morgan fingerprint density at radius 2 is 1.30 bits per heavy atom. The van der Waals surface area contributed by atoms with E-state index in [1.165, 1.54) is 16.7 Å². The third-order valence-electron chi connectivity index (χ3n) is 3.27. The van der Waals surface area contributed by atoms with Gasteiger partial charge in [0, 0.05) is 17.6 Å². The van der Waals surface area contributed by atoms with Crippen molar-refractivity contribution < 1.29 is 0 Å². The number of nitrogens with zero attached hydrogens (tertiary/aromatic N) is 1. The van der Waals surface area contributed by atoms with Crippen LogP contribution in [0, 0.1) is 0 Å². The first-order valence-corrected chi connectivity index (χ1v) is 7.67. The van der Waals surface area contributed by atoms with E-state index in [-0.39, 0.29) is 0 Å². The van der Waals surface area contributed by atoms with Gasteiger partial charge in [-0.3, -0.25) is 4.90 Å². The predicted molar refractivity (Wildman–Crippen MR) is 88.5 cm³/mol. The van der Waals surface area contributed by atoms with Gasteiger partial charge >= 0.3 is 0 Å². The zero-order chi connectivity index (χ0) is 14.4. The van der Waals surface area contributed by atoms with Crippen LogP contribution in [0.2, 0.25) is 0 Å². The lowest BCUT2D eigenvalue weighted by atomic mass is 10.1. The SMILES string of the molecule is CN(Cc1ccc(Br)cc1)Cc1ccc(CCN)cc1. The molecule has 0 heterocycles. The average Bonchev–Trinajstić information content (AvgIpc) is 2.44. The lowest BCUT2D eigenvalue weighted by Crippen LogP contribution is -2.17. The molecule has 2 aromatic rings. The maximum absolute atomic E-state index is 5.56. The van der Waals surface area contributed by atoms with Crippen LogP contribution in [0.4, 0.5) is 0 Å². The Hall–Kier alpha value is -1.16. The fourth-order valence-electron chi connectivity index (χ4n) is 2.25. The summed E-state index contributed by atoms with van der Waals surface area (Å²) in [5.74, 6) is 0. The number of hydrogen-bond acceptors (Lipinski definition) is 2. The summed E-state index contributed by atoms with van der Waals surface area (Å²) in [7, 11) is 2.15. The van der Waals surface area contributed by atoms with E-state index in [4.69, 9.17) is 5.73 Å². The zero-order valence-corrected chi connectivity index (χ0v) is 13.4. The molecule has 2 rings (SSSR count). The summed E-state index contributed by atoms with van der Waals surface area (Å²) < 4.78 is 1.12. The number of hydrogen-bond donors (Lipinski definition) is 1. The third kappa shape index (κ3) is 4.75. The highest BCUT2D eigenvalue weighted by atomic mass is 79.9.